The Morgan fingerprint density at radius 1 is 1.64 bits per heavy atom. The summed E-state index contributed by atoms with van der Waals surface area (Å²) in [5.74, 6) is 0.410. The molecule has 0 bridgehead atoms. The van der Waals surface area contributed by atoms with E-state index in [1.54, 1.807) is 6.20 Å². The van der Waals surface area contributed by atoms with Gasteiger partial charge in [0.25, 0.3) is 5.91 Å². The molecular formula is C6H6N2O3. The summed E-state index contributed by atoms with van der Waals surface area (Å²) in [6, 6.07) is 0. The fraction of sp³-hybridized carbons (Fsp3) is 0.167. The van der Waals surface area contributed by atoms with Crippen LogP contribution in [0.3, 0.4) is 0 Å². The highest BCUT2D eigenvalue weighted by atomic mass is 16.7. The first kappa shape index (κ1) is 6.09. The third-order valence-electron chi connectivity index (χ3n) is 1.46. The molecule has 2 rings (SSSR count). The minimum atomic E-state index is -0.545. The molecule has 0 atom stereocenters. The van der Waals surface area contributed by atoms with Crippen molar-refractivity contribution in [3.63, 3.8) is 0 Å². The van der Waals surface area contributed by atoms with E-state index in [0.717, 1.165) is 0 Å². The quantitative estimate of drug-likeness (QED) is 0.590. The van der Waals surface area contributed by atoms with Crippen LogP contribution in [-0.2, 0) is 0 Å². The Morgan fingerprint density at radius 2 is 2.45 bits per heavy atom. The van der Waals surface area contributed by atoms with Gasteiger partial charge >= 0.3 is 0 Å². The number of hydrogen-bond acceptors (Lipinski definition) is 3. The van der Waals surface area contributed by atoms with Crippen LogP contribution in [0.15, 0.2) is 6.20 Å². The zero-order valence-corrected chi connectivity index (χ0v) is 5.59. The molecule has 11 heavy (non-hydrogen) atoms. The first-order valence-corrected chi connectivity index (χ1v) is 3.06. The second kappa shape index (κ2) is 1.91. The average molecular weight is 154 g/mol. The monoisotopic (exact) mass is 154 g/mol. The van der Waals surface area contributed by atoms with Gasteiger partial charge in [-0.05, 0) is 0 Å². The van der Waals surface area contributed by atoms with Gasteiger partial charge in [0, 0.05) is 6.20 Å². The summed E-state index contributed by atoms with van der Waals surface area (Å²) in [4.78, 5) is 13.3. The van der Waals surface area contributed by atoms with Crippen molar-refractivity contribution in [1.82, 2.24) is 4.98 Å². The van der Waals surface area contributed by atoms with Gasteiger partial charge in [-0.25, -0.2) is 0 Å². The van der Waals surface area contributed by atoms with Crippen LogP contribution in [0, 0.1) is 0 Å². The van der Waals surface area contributed by atoms with Crippen molar-refractivity contribution in [2.45, 2.75) is 0 Å². The van der Waals surface area contributed by atoms with Gasteiger partial charge in [0.1, 0.15) is 0 Å². The van der Waals surface area contributed by atoms with E-state index < -0.39 is 5.91 Å². The minimum absolute atomic E-state index is 0.152. The summed E-state index contributed by atoms with van der Waals surface area (Å²) < 4.78 is 9.94. The SMILES string of the molecule is NC(=O)c1[nH]cc2c1OCO2. The molecule has 5 heteroatoms. The summed E-state index contributed by atoms with van der Waals surface area (Å²) in [5, 5.41) is 0. The van der Waals surface area contributed by atoms with Crippen LogP contribution in [0.2, 0.25) is 0 Å². The molecule has 5 nitrogen and oxygen atoms in total. The molecule has 0 aromatic carbocycles. The molecule has 58 valence electrons. The number of aromatic nitrogens is 1. The van der Waals surface area contributed by atoms with Gasteiger partial charge in [-0.15, -0.1) is 0 Å². The number of ether oxygens (including phenoxy) is 2. The van der Waals surface area contributed by atoms with E-state index in [1.807, 2.05) is 0 Å². The molecular weight excluding hydrogens is 148 g/mol. The van der Waals surface area contributed by atoms with Crippen molar-refractivity contribution in [1.29, 1.82) is 0 Å². The second-order valence-electron chi connectivity index (χ2n) is 2.13. The van der Waals surface area contributed by atoms with Crippen LogP contribution < -0.4 is 15.2 Å². The van der Waals surface area contributed by atoms with E-state index >= 15 is 0 Å². The molecule has 0 saturated heterocycles. The van der Waals surface area contributed by atoms with Gasteiger partial charge in [-0.2, -0.15) is 0 Å². The number of fused-ring (bicyclic) bond motifs is 1. The molecule has 1 aromatic heterocycles. The fourth-order valence-corrected chi connectivity index (χ4v) is 0.977. The normalized spacial score (nSPS) is 13.5. The third kappa shape index (κ3) is 0.739. The lowest BCUT2D eigenvalue weighted by Crippen LogP contribution is -2.12. The molecule has 3 N–H and O–H groups in total. The van der Waals surface area contributed by atoms with Crippen LogP contribution in [0.25, 0.3) is 0 Å². The summed E-state index contributed by atoms with van der Waals surface area (Å²) in [7, 11) is 0. The van der Waals surface area contributed by atoms with Crippen LogP contribution in [-0.4, -0.2) is 17.7 Å². The number of nitrogens with two attached hydrogens (primary N) is 1. The maximum Gasteiger partial charge on any atom is 0.269 e. The minimum Gasteiger partial charge on any atom is -0.452 e. The Labute approximate surface area is 62.1 Å². The smallest absolute Gasteiger partial charge is 0.269 e. The number of rotatable bonds is 1. The number of H-pyrrole nitrogens is 1. The van der Waals surface area contributed by atoms with Crippen molar-refractivity contribution in [2.24, 2.45) is 5.73 Å². The fourth-order valence-electron chi connectivity index (χ4n) is 0.977. The molecule has 1 aliphatic rings. The Balaban J connectivity index is 2.50. The van der Waals surface area contributed by atoms with E-state index in [-0.39, 0.29) is 12.5 Å². The lowest BCUT2D eigenvalue weighted by molar-refractivity contribution is 0.0990. The van der Waals surface area contributed by atoms with E-state index in [1.165, 1.54) is 0 Å². The second-order valence-corrected chi connectivity index (χ2v) is 2.13. The van der Waals surface area contributed by atoms with Gasteiger partial charge < -0.3 is 20.2 Å². The lowest BCUT2D eigenvalue weighted by atomic mass is 10.4. The molecule has 0 radical (unpaired) electrons. The zero-order valence-electron chi connectivity index (χ0n) is 5.59. The summed E-state index contributed by atoms with van der Waals surface area (Å²) in [6.07, 6.45) is 1.54. The van der Waals surface area contributed by atoms with Crippen LogP contribution in [0.1, 0.15) is 10.5 Å². The summed E-state index contributed by atoms with van der Waals surface area (Å²) >= 11 is 0. The number of hydrogen-bond donors (Lipinski definition) is 2. The Bertz CT molecular complexity index is 305. The number of carbonyl (C=O) groups excluding carboxylic acids is 1. The number of amides is 1. The van der Waals surface area contributed by atoms with Gasteiger partial charge in [-0.1, -0.05) is 0 Å². The van der Waals surface area contributed by atoms with Gasteiger partial charge in [0.2, 0.25) is 6.79 Å². The predicted molar refractivity (Wildman–Crippen MR) is 35.4 cm³/mol. The zero-order chi connectivity index (χ0) is 7.84. The first-order valence-electron chi connectivity index (χ1n) is 3.06. The maximum absolute atomic E-state index is 10.7. The van der Waals surface area contributed by atoms with Gasteiger partial charge in [-0.3, -0.25) is 4.79 Å². The largest absolute Gasteiger partial charge is 0.452 e. The molecule has 0 fully saturated rings. The van der Waals surface area contributed by atoms with E-state index in [0.29, 0.717) is 11.5 Å². The van der Waals surface area contributed by atoms with Crippen LogP contribution in [0.5, 0.6) is 11.5 Å². The lowest BCUT2D eigenvalue weighted by Gasteiger charge is -1.93. The summed E-state index contributed by atoms with van der Waals surface area (Å²) in [5.41, 5.74) is 5.29. The number of primary amides is 1. The topological polar surface area (TPSA) is 77.3 Å². The standard InChI is InChI=1S/C6H6N2O3/c7-6(9)4-5-3(1-8-4)10-2-11-5/h1,8H,2H2,(H2,7,9). The van der Waals surface area contributed by atoms with E-state index in [4.69, 9.17) is 15.2 Å². The maximum atomic E-state index is 10.7. The molecule has 1 amide bonds. The molecule has 0 spiro atoms. The van der Waals surface area contributed by atoms with E-state index in [9.17, 15) is 4.79 Å². The van der Waals surface area contributed by atoms with Crippen LogP contribution in [0.4, 0.5) is 0 Å². The van der Waals surface area contributed by atoms with Gasteiger partial charge in [0.05, 0.1) is 0 Å². The van der Waals surface area contributed by atoms with E-state index in [2.05, 4.69) is 4.98 Å². The van der Waals surface area contributed by atoms with Crippen molar-refractivity contribution in [3.8, 4) is 11.5 Å². The molecule has 0 unspecified atom stereocenters. The summed E-state index contributed by atoms with van der Waals surface area (Å²) in [6.45, 7) is 0.152. The predicted octanol–water partition coefficient (Wildman–Crippen LogP) is -0.158. The Kier molecular flexibility index (Phi) is 1.06. The number of nitrogens with one attached hydrogen (secondary N) is 1. The highest BCUT2D eigenvalue weighted by Crippen LogP contribution is 2.34. The number of carbonyl (C=O) groups is 1. The highest BCUT2D eigenvalue weighted by molar-refractivity contribution is 5.94. The number of aromatic amines is 1. The van der Waals surface area contributed by atoms with Gasteiger partial charge in [0.15, 0.2) is 17.2 Å². The van der Waals surface area contributed by atoms with Crippen molar-refractivity contribution >= 4 is 5.91 Å². The molecule has 0 saturated carbocycles. The average Bonchev–Trinajstić information content (AvgIpc) is 2.41. The first-order chi connectivity index (χ1) is 5.29. The van der Waals surface area contributed by atoms with Crippen LogP contribution >= 0.6 is 0 Å². The molecule has 0 aliphatic carbocycles. The van der Waals surface area contributed by atoms with Crippen molar-refractivity contribution in [2.75, 3.05) is 6.79 Å². The van der Waals surface area contributed by atoms with Crippen molar-refractivity contribution in [3.05, 3.63) is 11.9 Å². The molecule has 1 aliphatic heterocycles. The van der Waals surface area contributed by atoms with Crippen molar-refractivity contribution < 1.29 is 14.3 Å². The molecule has 2 heterocycles. The highest BCUT2D eigenvalue weighted by Gasteiger charge is 2.22. The Morgan fingerprint density at radius 3 is 3.18 bits per heavy atom. The third-order valence-corrected chi connectivity index (χ3v) is 1.46. The Hall–Kier alpha value is -1.65. The molecule has 1 aromatic rings.